The molecule has 0 heterocycles. The largest absolute Gasteiger partial charge is 0.307 e. The fourth-order valence-electron chi connectivity index (χ4n) is 3.55. The van der Waals surface area contributed by atoms with Crippen molar-refractivity contribution in [3.05, 3.63) is 35.6 Å². The molecule has 1 aromatic carbocycles. The molecule has 2 heteroatoms. The summed E-state index contributed by atoms with van der Waals surface area (Å²) < 4.78 is 13.2. The third-order valence-corrected chi connectivity index (χ3v) is 4.83. The molecule has 0 radical (unpaired) electrons. The van der Waals surface area contributed by atoms with E-state index in [0.29, 0.717) is 6.04 Å². The van der Waals surface area contributed by atoms with Crippen LogP contribution in [0.4, 0.5) is 4.39 Å². The Labute approximate surface area is 129 Å². The molecule has 1 aromatic rings. The molecule has 1 aliphatic rings. The van der Waals surface area contributed by atoms with Crippen molar-refractivity contribution in [3.63, 3.8) is 0 Å². The van der Waals surface area contributed by atoms with Crippen molar-refractivity contribution in [1.82, 2.24) is 5.32 Å². The van der Waals surface area contributed by atoms with E-state index in [1.165, 1.54) is 37.7 Å². The van der Waals surface area contributed by atoms with E-state index in [1.54, 1.807) is 12.1 Å². The first-order chi connectivity index (χ1) is 9.90. The number of nitrogens with one attached hydrogen (secondary N) is 1. The summed E-state index contributed by atoms with van der Waals surface area (Å²) in [6, 6.07) is 7.88. The Balaban J connectivity index is 2.12. The molecule has 0 bridgehead atoms. The van der Waals surface area contributed by atoms with Crippen LogP contribution in [0.1, 0.15) is 71.4 Å². The van der Waals surface area contributed by atoms with Crippen molar-refractivity contribution in [2.24, 2.45) is 11.3 Å². The van der Waals surface area contributed by atoms with E-state index in [4.69, 9.17) is 0 Å². The van der Waals surface area contributed by atoms with E-state index in [0.717, 1.165) is 5.92 Å². The minimum absolute atomic E-state index is 0.122. The lowest BCUT2D eigenvalue weighted by molar-refractivity contribution is 0.201. The highest BCUT2D eigenvalue weighted by Crippen LogP contribution is 2.36. The van der Waals surface area contributed by atoms with E-state index in [1.807, 2.05) is 12.1 Å². The summed E-state index contributed by atoms with van der Waals surface area (Å²) in [6.45, 7) is 9.07. The molecule has 0 amide bonds. The molecule has 118 valence electrons. The first-order valence-electron chi connectivity index (χ1n) is 8.41. The van der Waals surface area contributed by atoms with Gasteiger partial charge in [0, 0.05) is 12.1 Å². The van der Waals surface area contributed by atoms with Crippen molar-refractivity contribution in [2.75, 3.05) is 0 Å². The quantitative estimate of drug-likeness (QED) is 0.775. The fourth-order valence-corrected chi connectivity index (χ4v) is 3.55. The van der Waals surface area contributed by atoms with Crippen molar-refractivity contribution in [2.45, 2.75) is 71.9 Å². The SMILES string of the molecule is CCC1CCCC(NC(c2ccc(F)cc2)C(C)(C)C)C1. The molecule has 0 spiro atoms. The van der Waals surface area contributed by atoms with Gasteiger partial charge in [-0.3, -0.25) is 0 Å². The first kappa shape index (κ1) is 16.5. The van der Waals surface area contributed by atoms with Gasteiger partial charge in [0.15, 0.2) is 0 Å². The van der Waals surface area contributed by atoms with Gasteiger partial charge in [0.25, 0.3) is 0 Å². The van der Waals surface area contributed by atoms with Crippen LogP contribution in [-0.2, 0) is 0 Å². The van der Waals surface area contributed by atoms with Gasteiger partial charge in [-0.1, -0.05) is 59.1 Å². The summed E-state index contributed by atoms with van der Waals surface area (Å²) in [4.78, 5) is 0. The molecule has 1 N–H and O–H groups in total. The summed E-state index contributed by atoms with van der Waals surface area (Å²) in [5, 5.41) is 3.87. The van der Waals surface area contributed by atoms with Gasteiger partial charge in [0.2, 0.25) is 0 Å². The summed E-state index contributed by atoms with van der Waals surface area (Å²) in [6.07, 6.45) is 6.55. The van der Waals surface area contributed by atoms with E-state index in [9.17, 15) is 4.39 Å². The highest BCUT2D eigenvalue weighted by Gasteiger charge is 2.30. The van der Waals surface area contributed by atoms with E-state index in [-0.39, 0.29) is 17.3 Å². The summed E-state index contributed by atoms with van der Waals surface area (Å²) in [7, 11) is 0. The van der Waals surface area contributed by atoms with Crippen molar-refractivity contribution >= 4 is 0 Å². The van der Waals surface area contributed by atoms with Crippen molar-refractivity contribution in [3.8, 4) is 0 Å². The average Bonchev–Trinajstić information content (AvgIpc) is 2.45. The zero-order valence-corrected chi connectivity index (χ0v) is 14.0. The van der Waals surface area contributed by atoms with Crippen LogP contribution in [0.2, 0.25) is 0 Å². The Morgan fingerprint density at radius 2 is 1.86 bits per heavy atom. The minimum atomic E-state index is -0.157. The normalized spacial score (nSPS) is 24.8. The van der Waals surface area contributed by atoms with Gasteiger partial charge >= 0.3 is 0 Å². The summed E-state index contributed by atoms with van der Waals surface area (Å²) >= 11 is 0. The second-order valence-corrected chi connectivity index (χ2v) is 7.66. The second-order valence-electron chi connectivity index (χ2n) is 7.66. The third-order valence-electron chi connectivity index (χ3n) is 4.83. The molecular formula is C19H30FN. The Morgan fingerprint density at radius 1 is 1.19 bits per heavy atom. The van der Waals surface area contributed by atoms with E-state index >= 15 is 0 Å². The Kier molecular flexibility index (Phi) is 5.43. The maximum atomic E-state index is 13.2. The number of rotatable bonds is 4. The Morgan fingerprint density at radius 3 is 2.43 bits per heavy atom. The van der Waals surface area contributed by atoms with Crippen molar-refractivity contribution in [1.29, 1.82) is 0 Å². The highest BCUT2D eigenvalue weighted by atomic mass is 19.1. The molecule has 2 rings (SSSR count). The Bertz CT molecular complexity index is 432. The number of halogens is 1. The molecule has 1 aliphatic carbocycles. The van der Waals surface area contributed by atoms with E-state index in [2.05, 4.69) is 33.0 Å². The predicted molar refractivity (Wildman–Crippen MR) is 87.8 cm³/mol. The Hall–Kier alpha value is -0.890. The minimum Gasteiger partial charge on any atom is -0.307 e. The molecule has 0 aliphatic heterocycles. The number of benzene rings is 1. The van der Waals surface area contributed by atoms with Crippen LogP contribution < -0.4 is 5.32 Å². The number of hydrogen-bond donors (Lipinski definition) is 1. The third kappa shape index (κ3) is 4.54. The van der Waals surface area contributed by atoms with Gasteiger partial charge in [-0.25, -0.2) is 4.39 Å². The summed E-state index contributed by atoms with van der Waals surface area (Å²) in [5.41, 5.74) is 1.32. The van der Waals surface area contributed by atoms with Crippen LogP contribution in [0.3, 0.4) is 0 Å². The monoisotopic (exact) mass is 291 g/mol. The highest BCUT2D eigenvalue weighted by molar-refractivity contribution is 5.22. The lowest BCUT2D eigenvalue weighted by atomic mass is 9.79. The lowest BCUT2D eigenvalue weighted by Gasteiger charge is -2.38. The maximum absolute atomic E-state index is 13.2. The van der Waals surface area contributed by atoms with Crippen molar-refractivity contribution < 1.29 is 4.39 Å². The second kappa shape index (κ2) is 6.91. The molecule has 3 unspecified atom stereocenters. The molecule has 1 saturated carbocycles. The lowest BCUT2D eigenvalue weighted by Crippen LogP contribution is -2.41. The molecule has 21 heavy (non-hydrogen) atoms. The van der Waals surface area contributed by atoms with Crippen LogP contribution in [0.25, 0.3) is 0 Å². The van der Waals surface area contributed by atoms with Gasteiger partial charge < -0.3 is 5.32 Å². The van der Waals surface area contributed by atoms with Crippen LogP contribution in [-0.4, -0.2) is 6.04 Å². The zero-order chi connectivity index (χ0) is 15.5. The molecule has 1 fully saturated rings. The van der Waals surface area contributed by atoms with Crippen LogP contribution in [0.15, 0.2) is 24.3 Å². The smallest absolute Gasteiger partial charge is 0.123 e. The van der Waals surface area contributed by atoms with Gasteiger partial charge in [-0.15, -0.1) is 0 Å². The molecule has 3 atom stereocenters. The van der Waals surface area contributed by atoms with Gasteiger partial charge in [0.05, 0.1) is 0 Å². The molecule has 0 aromatic heterocycles. The average molecular weight is 291 g/mol. The zero-order valence-electron chi connectivity index (χ0n) is 14.0. The van der Waals surface area contributed by atoms with Gasteiger partial charge in [0.1, 0.15) is 5.82 Å². The fraction of sp³-hybridized carbons (Fsp3) is 0.684. The van der Waals surface area contributed by atoms with Gasteiger partial charge in [-0.2, -0.15) is 0 Å². The predicted octanol–water partition coefficient (Wildman–Crippen LogP) is 5.47. The van der Waals surface area contributed by atoms with Gasteiger partial charge in [-0.05, 0) is 41.9 Å². The standard InChI is InChI=1S/C19H30FN/c1-5-14-7-6-8-17(13-14)21-18(19(2,3)4)15-9-11-16(20)12-10-15/h9-12,14,17-18,21H,5-8,13H2,1-4H3. The summed E-state index contributed by atoms with van der Waals surface area (Å²) in [5.74, 6) is 0.709. The molecule has 0 saturated heterocycles. The van der Waals surface area contributed by atoms with E-state index < -0.39 is 0 Å². The molecule has 1 nitrogen and oxygen atoms in total. The maximum Gasteiger partial charge on any atom is 0.123 e. The van der Waals surface area contributed by atoms with Crippen LogP contribution in [0.5, 0.6) is 0 Å². The molecular weight excluding hydrogens is 261 g/mol. The van der Waals surface area contributed by atoms with Crippen LogP contribution in [0, 0.1) is 17.2 Å². The topological polar surface area (TPSA) is 12.0 Å². The first-order valence-corrected chi connectivity index (χ1v) is 8.41. The number of hydrogen-bond acceptors (Lipinski definition) is 1. The van der Waals surface area contributed by atoms with Crippen LogP contribution >= 0.6 is 0 Å².